The van der Waals surface area contributed by atoms with Gasteiger partial charge in [-0.2, -0.15) is 9.97 Å². The van der Waals surface area contributed by atoms with E-state index >= 15 is 0 Å². The van der Waals surface area contributed by atoms with Gasteiger partial charge in [0.05, 0.1) is 0 Å². The van der Waals surface area contributed by atoms with Gasteiger partial charge in [0.1, 0.15) is 0 Å². The lowest BCUT2D eigenvalue weighted by molar-refractivity contribution is 0.349. The second-order valence-corrected chi connectivity index (χ2v) is 13.2. The number of nitrogens with zero attached hydrogens (tertiary/aromatic N) is 8. The maximum atomic E-state index is 13.2. The van der Waals surface area contributed by atoms with E-state index in [1.54, 1.807) is 14.1 Å². The number of aromatic amines is 2. The molecule has 2 N–H and O–H groups in total. The number of H-pyrrole nitrogens is 2. The lowest BCUT2D eigenvalue weighted by Gasteiger charge is -2.36. The summed E-state index contributed by atoms with van der Waals surface area (Å²) in [6, 6.07) is 0. The summed E-state index contributed by atoms with van der Waals surface area (Å²) in [5.41, 5.74) is -0.512. The Morgan fingerprint density at radius 2 is 0.977 bits per heavy atom. The van der Waals surface area contributed by atoms with Crippen LogP contribution in [0.4, 0.5) is 11.9 Å². The van der Waals surface area contributed by atoms with E-state index in [4.69, 9.17) is 9.97 Å². The van der Waals surface area contributed by atoms with E-state index in [1.165, 1.54) is 9.13 Å². The number of hydrogen-bond acceptors (Lipinski definition) is 8. The molecule has 14 heteroatoms. The number of fused-ring (bicyclic) bond motifs is 2. The number of hydrogen-bond donors (Lipinski definition) is 2. The highest BCUT2D eigenvalue weighted by Crippen LogP contribution is 2.30. The van der Waals surface area contributed by atoms with Crippen molar-refractivity contribution in [1.29, 1.82) is 0 Å². The Labute approximate surface area is 248 Å². The highest BCUT2D eigenvalue weighted by atomic mass is 16.2. The molecule has 2 saturated heterocycles. The Morgan fingerprint density at radius 3 is 1.33 bits per heavy atom. The minimum Gasteiger partial charge on any atom is -0.342 e. The Hall–Kier alpha value is -4.10. The van der Waals surface area contributed by atoms with Gasteiger partial charge in [0.2, 0.25) is 11.9 Å². The summed E-state index contributed by atoms with van der Waals surface area (Å²) < 4.78 is 6.60. The minimum atomic E-state index is -0.501. The van der Waals surface area contributed by atoms with Gasteiger partial charge in [-0.1, -0.05) is 27.7 Å². The summed E-state index contributed by atoms with van der Waals surface area (Å²) in [7, 11) is 3.23. The summed E-state index contributed by atoms with van der Waals surface area (Å²) >= 11 is 0. The van der Waals surface area contributed by atoms with Crippen LogP contribution in [0.2, 0.25) is 0 Å². The van der Waals surface area contributed by atoms with E-state index in [1.807, 2.05) is 9.13 Å². The lowest BCUT2D eigenvalue weighted by atomic mass is 9.92. The topological polar surface area (TPSA) is 152 Å². The van der Waals surface area contributed by atoms with Crippen LogP contribution in [0.1, 0.15) is 47.0 Å². The SMILES string of the molecule is C[C@@H]1C[C@H](C)CN(c2nc3c(c(=O)[nH]c(=O)n3C)n2CCCn2c(N3C[C@@H](C)C[C@H](C)C3)nc3c2c(=O)[nH]c(=O)n3C)C1. The molecule has 6 rings (SSSR count). The quantitative estimate of drug-likeness (QED) is 0.338. The minimum absolute atomic E-state index is 0.353. The third kappa shape index (κ3) is 5.10. The number of aryl methyl sites for hydroxylation is 4. The van der Waals surface area contributed by atoms with E-state index in [-0.39, 0.29) is 0 Å². The second-order valence-electron chi connectivity index (χ2n) is 13.2. The first-order valence-corrected chi connectivity index (χ1v) is 15.3. The van der Waals surface area contributed by atoms with E-state index in [2.05, 4.69) is 47.5 Å². The fraction of sp³-hybridized carbons (Fsp3) is 0.655. The van der Waals surface area contributed by atoms with Gasteiger partial charge in [-0.15, -0.1) is 0 Å². The largest absolute Gasteiger partial charge is 0.342 e. The van der Waals surface area contributed by atoms with Gasteiger partial charge in [-0.25, -0.2) is 9.59 Å². The first-order chi connectivity index (χ1) is 20.4. The number of imidazole rings is 2. The standard InChI is InChI=1S/C29H42N10O4/c1-16-10-17(2)13-36(12-16)26-30-22-20(24(40)32-28(42)34(22)5)38(26)8-7-9-39-21-23(35(6)29(43)33-25(21)41)31-27(39)37-14-18(3)11-19(4)15-37/h16-19H,7-15H2,1-6H3,(H,32,40,42)(H,33,41,43)/t16-,17-,18-,19+/m0/s1. The zero-order valence-corrected chi connectivity index (χ0v) is 25.9. The van der Waals surface area contributed by atoms with Crippen molar-refractivity contribution in [2.24, 2.45) is 37.8 Å². The number of aromatic nitrogens is 8. The van der Waals surface area contributed by atoms with Gasteiger partial charge >= 0.3 is 11.4 Å². The van der Waals surface area contributed by atoms with Crippen molar-refractivity contribution in [3.8, 4) is 0 Å². The normalized spacial score (nSPS) is 23.1. The molecule has 0 aromatic carbocycles. The molecule has 2 fully saturated rings. The molecule has 2 aliphatic rings. The Bertz CT molecular complexity index is 1770. The number of anilines is 2. The molecule has 0 saturated carbocycles. The molecule has 4 aromatic rings. The number of piperidine rings is 2. The third-order valence-corrected chi connectivity index (χ3v) is 9.04. The van der Waals surface area contributed by atoms with Crippen LogP contribution in [-0.2, 0) is 27.2 Å². The van der Waals surface area contributed by atoms with Crippen LogP contribution in [0.5, 0.6) is 0 Å². The van der Waals surface area contributed by atoms with Crippen molar-refractivity contribution in [2.75, 3.05) is 36.0 Å². The van der Waals surface area contributed by atoms with E-state index in [0.29, 0.717) is 77.4 Å². The maximum Gasteiger partial charge on any atom is 0.329 e. The van der Waals surface area contributed by atoms with Crippen molar-refractivity contribution in [1.82, 2.24) is 38.2 Å². The Balaban J connectivity index is 1.42. The van der Waals surface area contributed by atoms with E-state index < -0.39 is 22.5 Å². The number of rotatable bonds is 6. The molecule has 0 unspecified atom stereocenters. The predicted molar refractivity (Wildman–Crippen MR) is 166 cm³/mol. The van der Waals surface area contributed by atoms with Crippen molar-refractivity contribution < 1.29 is 0 Å². The van der Waals surface area contributed by atoms with Crippen LogP contribution >= 0.6 is 0 Å². The summed E-state index contributed by atoms with van der Waals surface area (Å²) in [5, 5.41) is 0. The van der Waals surface area contributed by atoms with Crippen molar-refractivity contribution in [2.45, 2.75) is 60.0 Å². The van der Waals surface area contributed by atoms with Crippen LogP contribution in [0.3, 0.4) is 0 Å². The fourth-order valence-electron chi connectivity index (χ4n) is 7.39. The average molecular weight is 595 g/mol. The van der Waals surface area contributed by atoms with Crippen molar-refractivity contribution >= 4 is 34.2 Å². The van der Waals surface area contributed by atoms with E-state index in [0.717, 1.165) is 39.0 Å². The van der Waals surface area contributed by atoms with Crippen molar-refractivity contribution in [3.63, 3.8) is 0 Å². The van der Waals surface area contributed by atoms with Gasteiger partial charge in [-0.3, -0.25) is 28.7 Å². The zero-order chi connectivity index (χ0) is 30.7. The lowest BCUT2D eigenvalue weighted by Crippen LogP contribution is -2.40. The maximum absolute atomic E-state index is 13.2. The van der Waals surface area contributed by atoms with Crippen LogP contribution in [0.15, 0.2) is 19.2 Å². The van der Waals surface area contributed by atoms with Gasteiger partial charge in [0.15, 0.2) is 22.3 Å². The Kier molecular flexibility index (Phi) is 7.33. The highest BCUT2D eigenvalue weighted by Gasteiger charge is 2.30. The molecule has 0 aliphatic carbocycles. The van der Waals surface area contributed by atoms with Crippen LogP contribution < -0.4 is 32.3 Å². The van der Waals surface area contributed by atoms with Crippen molar-refractivity contribution in [3.05, 3.63) is 41.7 Å². The molecule has 6 heterocycles. The molecule has 0 radical (unpaired) electrons. The molecule has 0 spiro atoms. The van der Waals surface area contributed by atoms with Crippen LogP contribution in [0.25, 0.3) is 22.3 Å². The predicted octanol–water partition coefficient (Wildman–Crippen LogP) is 1.21. The molecule has 43 heavy (non-hydrogen) atoms. The molecule has 0 amide bonds. The molecule has 14 nitrogen and oxygen atoms in total. The Morgan fingerprint density at radius 1 is 0.628 bits per heavy atom. The molecular weight excluding hydrogens is 552 g/mol. The van der Waals surface area contributed by atoms with Gasteiger partial charge in [-0.05, 0) is 42.9 Å². The molecule has 232 valence electrons. The van der Waals surface area contributed by atoms with Gasteiger partial charge < -0.3 is 18.9 Å². The van der Waals surface area contributed by atoms with E-state index in [9.17, 15) is 19.2 Å². The first-order valence-electron chi connectivity index (χ1n) is 15.3. The molecule has 4 aromatic heterocycles. The zero-order valence-electron chi connectivity index (χ0n) is 25.9. The summed E-state index contributed by atoms with van der Waals surface area (Å²) in [6.07, 6.45) is 2.80. The molecule has 0 bridgehead atoms. The number of nitrogens with one attached hydrogen (secondary N) is 2. The summed E-state index contributed by atoms with van der Waals surface area (Å²) in [5.74, 6) is 3.21. The molecule has 2 aliphatic heterocycles. The van der Waals surface area contributed by atoms with Crippen LogP contribution in [-0.4, -0.2) is 64.4 Å². The smallest absolute Gasteiger partial charge is 0.329 e. The van der Waals surface area contributed by atoms with Gasteiger partial charge in [0.25, 0.3) is 11.1 Å². The average Bonchev–Trinajstić information content (AvgIpc) is 3.50. The monoisotopic (exact) mass is 594 g/mol. The van der Waals surface area contributed by atoms with Crippen LogP contribution in [0, 0.1) is 23.7 Å². The second kappa shape index (κ2) is 10.9. The third-order valence-electron chi connectivity index (χ3n) is 9.04. The fourth-order valence-corrected chi connectivity index (χ4v) is 7.39. The summed E-state index contributed by atoms with van der Waals surface area (Å²) in [4.78, 5) is 70.2. The van der Waals surface area contributed by atoms with Gasteiger partial charge in [0, 0.05) is 53.4 Å². The summed E-state index contributed by atoms with van der Waals surface area (Å²) in [6.45, 7) is 13.0. The first kappa shape index (κ1) is 29.0. The molecular formula is C29H42N10O4. The highest BCUT2D eigenvalue weighted by molar-refractivity contribution is 5.75. The molecule has 4 atom stereocenters.